The lowest BCUT2D eigenvalue weighted by Gasteiger charge is -2.32. The van der Waals surface area contributed by atoms with Crippen molar-refractivity contribution in [3.8, 4) is 5.69 Å². The van der Waals surface area contributed by atoms with Crippen LogP contribution in [0.5, 0.6) is 0 Å². The Kier molecular flexibility index (Phi) is 6.63. The summed E-state index contributed by atoms with van der Waals surface area (Å²) in [6, 6.07) is 14.8. The van der Waals surface area contributed by atoms with E-state index in [0.29, 0.717) is 0 Å². The van der Waals surface area contributed by atoms with Crippen molar-refractivity contribution < 1.29 is 9.13 Å². The number of halogens is 1. The highest BCUT2D eigenvalue weighted by Gasteiger charge is 2.41. The van der Waals surface area contributed by atoms with Gasteiger partial charge in [-0.1, -0.05) is 6.07 Å². The van der Waals surface area contributed by atoms with Crippen molar-refractivity contribution in [1.82, 2.24) is 24.7 Å². The molecule has 1 aromatic carbocycles. The molecule has 2 aliphatic rings. The molecule has 178 valence electrons. The number of aryl methyl sites for hydroxylation is 1. The number of thiocarbonyl (C=S) groups is 1. The van der Waals surface area contributed by atoms with Gasteiger partial charge in [0.1, 0.15) is 5.82 Å². The SMILES string of the molecule is Cc1cc([C@@H]2[C@H](c3ccccn3)NC(=S)N2CCN2CCOCC2)c(C)n1-c1ccc(F)cc1. The van der Waals surface area contributed by atoms with E-state index >= 15 is 0 Å². The lowest BCUT2D eigenvalue weighted by Crippen LogP contribution is -2.42. The van der Waals surface area contributed by atoms with Gasteiger partial charge in [-0.05, 0) is 74.1 Å². The predicted molar refractivity (Wildman–Crippen MR) is 135 cm³/mol. The number of hydrogen-bond acceptors (Lipinski definition) is 4. The highest BCUT2D eigenvalue weighted by Crippen LogP contribution is 2.41. The molecule has 2 saturated heterocycles. The summed E-state index contributed by atoms with van der Waals surface area (Å²) in [7, 11) is 0. The zero-order valence-corrected chi connectivity index (χ0v) is 20.4. The molecule has 0 amide bonds. The summed E-state index contributed by atoms with van der Waals surface area (Å²) in [5, 5.41) is 4.30. The number of rotatable bonds is 6. The third-order valence-corrected chi connectivity index (χ3v) is 7.18. The predicted octanol–water partition coefficient (Wildman–Crippen LogP) is 3.93. The van der Waals surface area contributed by atoms with Gasteiger partial charge in [-0.15, -0.1) is 0 Å². The second-order valence-corrected chi connectivity index (χ2v) is 9.30. The van der Waals surface area contributed by atoms with Gasteiger partial charge in [0.05, 0.1) is 31.0 Å². The molecule has 5 rings (SSSR count). The number of pyridine rings is 1. The molecule has 0 spiro atoms. The van der Waals surface area contributed by atoms with E-state index in [-0.39, 0.29) is 17.9 Å². The number of morpholine rings is 1. The average Bonchev–Trinajstić information content (AvgIpc) is 3.34. The van der Waals surface area contributed by atoms with Crippen LogP contribution in [0.15, 0.2) is 54.7 Å². The second kappa shape index (κ2) is 9.82. The number of hydrogen-bond donors (Lipinski definition) is 1. The van der Waals surface area contributed by atoms with Crippen molar-refractivity contribution in [3.63, 3.8) is 0 Å². The van der Waals surface area contributed by atoms with E-state index in [1.54, 1.807) is 0 Å². The van der Waals surface area contributed by atoms with Crippen molar-refractivity contribution >= 4 is 17.3 Å². The van der Waals surface area contributed by atoms with Crippen LogP contribution < -0.4 is 5.32 Å². The number of nitrogens with one attached hydrogen (secondary N) is 1. The van der Waals surface area contributed by atoms with Crippen LogP contribution in [0.25, 0.3) is 5.69 Å². The second-order valence-electron chi connectivity index (χ2n) is 8.91. The molecule has 8 heteroatoms. The number of nitrogens with zero attached hydrogens (tertiary/aromatic N) is 4. The largest absolute Gasteiger partial charge is 0.379 e. The third kappa shape index (κ3) is 4.45. The number of aromatic nitrogens is 2. The summed E-state index contributed by atoms with van der Waals surface area (Å²) < 4.78 is 21.3. The molecule has 1 N–H and O–H groups in total. The first-order chi connectivity index (χ1) is 16.5. The molecule has 2 atom stereocenters. The Bertz CT molecular complexity index is 1140. The lowest BCUT2D eigenvalue weighted by atomic mass is 9.96. The zero-order valence-electron chi connectivity index (χ0n) is 19.6. The van der Waals surface area contributed by atoms with Crippen LogP contribution >= 0.6 is 12.2 Å². The minimum atomic E-state index is -0.235. The first kappa shape index (κ1) is 23.0. The molecule has 6 nitrogen and oxygen atoms in total. The molecule has 3 aromatic rings. The summed E-state index contributed by atoms with van der Waals surface area (Å²) in [6.45, 7) is 9.41. The third-order valence-electron chi connectivity index (χ3n) is 6.83. The minimum absolute atomic E-state index is 0.00355. The molecule has 2 aromatic heterocycles. The Morgan fingerprint density at radius 3 is 2.56 bits per heavy atom. The molecule has 0 unspecified atom stereocenters. The fraction of sp³-hybridized carbons (Fsp3) is 0.385. The van der Waals surface area contributed by atoms with Gasteiger partial charge in [-0.3, -0.25) is 9.88 Å². The van der Waals surface area contributed by atoms with E-state index in [1.165, 1.54) is 17.7 Å². The summed E-state index contributed by atoms with van der Waals surface area (Å²) in [5.41, 5.74) is 5.34. The highest BCUT2D eigenvalue weighted by atomic mass is 32.1. The van der Waals surface area contributed by atoms with E-state index < -0.39 is 0 Å². The van der Waals surface area contributed by atoms with Crippen molar-refractivity contribution in [2.75, 3.05) is 39.4 Å². The first-order valence-electron chi connectivity index (χ1n) is 11.8. The van der Waals surface area contributed by atoms with Gasteiger partial charge in [0.15, 0.2) is 5.11 Å². The summed E-state index contributed by atoms with van der Waals surface area (Å²) in [6.07, 6.45) is 1.83. The molecular weight excluding hydrogens is 449 g/mol. The zero-order chi connectivity index (χ0) is 23.7. The van der Waals surface area contributed by atoms with Gasteiger partial charge in [0.25, 0.3) is 0 Å². The Balaban J connectivity index is 1.52. The van der Waals surface area contributed by atoms with Gasteiger partial charge in [0.2, 0.25) is 0 Å². The minimum Gasteiger partial charge on any atom is -0.379 e. The quantitative estimate of drug-likeness (QED) is 0.541. The molecule has 0 radical (unpaired) electrons. The Hall–Kier alpha value is -2.81. The van der Waals surface area contributed by atoms with Gasteiger partial charge < -0.3 is 19.5 Å². The fourth-order valence-corrected chi connectivity index (χ4v) is 5.47. The average molecular weight is 480 g/mol. The smallest absolute Gasteiger partial charge is 0.170 e. The normalized spacial score (nSPS) is 21.1. The van der Waals surface area contributed by atoms with Crippen LogP contribution in [0.1, 0.15) is 34.7 Å². The molecule has 2 fully saturated rings. The van der Waals surface area contributed by atoms with Gasteiger partial charge in [0, 0.05) is 49.5 Å². The summed E-state index contributed by atoms with van der Waals surface area (Å²) in [4.78, 5) is 9.39. The molecular formula is C26H30FN5OS. The summed E-state index contributed by atoms with van der Waals surface area (Å²) >= 11 is 5.85. The Labute approximate surface area is 205 Å². The molecule has 0 aliphatic carbocycles. The number of ether oxygens (including phenoxy) is 1. The lowest BCUT2D eigenvalue weighted by molar-refractivity contribution is 0.0350. The van der Waals surface area contributed by atoms with Crippen LogP contribution in [0.3, 0.4) is 0 Å². The topological polar surface area (TPSA) is 45.6 Å². The van der Waals surface area contributed by atoms with Crippen molar-refractivity contribution in [2.45, 2.75) is 25.9 Å². The summed E-state index contributed by atoms with van der Waals surface area (Å²) in [5.74, 6) is -0.235. The van der Waals surface area contributed by atoms with E-state index in [9.17, 15) is 4.39 Å². The standard InChI is InChI=1S/C26H30FN5OS/c1-18-17-22(19(2)32(18)21-8-6-20(27)7-9-21)25-24(23-5-3-4-10-28-23)29-26(34)31(25)12-11-30-13-15-33-16-14-30/h3-10,17,24-25H,11-16H2,1-2H3,(H,29,34)/t24-,25+/m0/s1. The maximum absolute atomic E-state index is 13.6. The van der Waals surface area contributed by atoms with Crippen LogP contribution in [0.4, 0.5) is 4.39 Å². The van der Waals surface area contributed by atoms with E-state index in [4.69, 9.17) is 17.0 Å². The monoisotopic (exact) mass is 479 g/mol. The van der Waals surface area contributed by atoms with Crippen LogP contribution in [-0.2, 0) is 4.74 Å². The molecule has 34 heavy (non-hydrogen) atoms. The van der Waals surface area contributed by atoms with Gasteiger partial charge in [-0.2, -0.15) is 0 Å². The van der Waals surface area contributed by atoms with Crippen LogP contribution in [0.2, 0.25) is 0 Å². The highest BCUT2D eigenvalue weighted by molar-refractivity contribution is 7.80. The van der Waals surface area contributed by atoms with E-state index in [1.807, 2.05) is 30.5 Å². The Morgan fingerprint density at radius 1 is 1.09 bits per heavy atom. The van der Waals surface area contributed by atoms with E-state index in [2.05, 4.69) is 50.6 Å². The van der Waals surface area contributed by atoms with Crippen molar-refractivity contribution in [3.05, 3.63) is 83.2 Å². The van der Waals surface area contributed by atoms with Crippen molar-refractivity contribution in [1.29, 1.82) is 0 Å². The molecule has 0 bridgehead atoms. The maximum Gasteiger partial charge on any atom is 0.170 e. The van der Waals surface area contributed by atoms with Crippen LogP contribution in [0, 0.1) is 19.7 Å². The Morgan fingerprint density at radius 2 is 1.85 bits per heavy atom. The molecule has 4 heterocycles. The first-order valence-corrected chi connectivity index (χ1v) is 12.2. The van der Waals surface area contributed by atoms with E-state index in [0.717, 1.165) is 67.3 Å². The van der Waals surface area contributed by atoms with Crippen molar-refractivity contribution in [2.24, 2.45) is 0 Å². The number of benzene rings is 1. The maximum atomic E-state index is 13.6. The molecule has 2 aliphatic heterocycles. The van der Waals surface area contributed by atoms with Gasteiger partial charge >= 0.3 is 0 Å². The van der Waals surface area contributed by atoms with Gasteiger partial charge in [-0.25, -0.2) is 4.39 Å². The van der Waals surface area contributed by atoms with Crippen LogP contribution in [-0.4, -0.2) is 63.9 Å². The fourth-order valence-electron chi connectivity index (χ4n) is 5.13. The molecule has 0 saturated carbocycles.